The fourth-order valence-electron chi connectivity index (χ4n) is 1.90. The molecule has 0 aliphatic heterocycles. The molecule has 19 heavy (non-hydrogen) atoms. The molecule has 0 aliphatic carbocycles. The zero-order valence-corrected chi connectivity index (χ0v) is 12.1. The molecule has 3 nitrogen and oxygen atoms in total. The average Bonchev–Trinajstić information content (AvgIpc) is 2.44. The van der Waals surface area contributed by atoms with Crippen molar-refractivity contribution in [2.45, 2.75) is 33.1 Å². The Morgan fingerprint density at radius 3 is 2.47 bits per heavy atom. The minimum absolute atomic E-state index is 0.459. The maximum Gasteiger partial charge on any atom is 0.119 e. The second kappa shape index (κ2) is 9.41. The van der Waals surface area contributed by atoms with Crippen LogP contribution >= 0.6 is 0 Å². The zero-order valence-electron chi connectivity index (χ0n) is 12.1. The van der Waals surface area contributed by atoms with Crippen molar-refractivity contribution >= 4 is 0 Å². The van der Waals surface area contributed by atoms with Gasteiger partial charge in [0.15, 0.2) is 0 Å². The summed E-state index contributed by atoms with van der Waals surface area (Å²) in [7, 11) is 0. The minimum atomic E-state index is 0.459. The van der Waals surface area contributed by atoms with Crippen LogP contribution in [0.4, 0.5) is 0 Å². The summed E-state index contributed by atoms with van der Waals surface area (Å²) < 4.78 is 5.73. The van der Waals surface area contributed by atoms with Gasteiger partial charge in [-0.25, -0.2) is 0 Å². The van der Waals surface area contributed by atoms with Crippen molar-refractivity contribution in [3.05, 3.63) is 29.8 Å². The molecule has 0 aromatic heterocycles. The van der Waals surface area contributed by atoms with E-state index < -0.39 is 0 Å². The molecule has 0 saturated carbocycles. The molecule has 0 bridgehead atoms. The van der Waals surface area contributed by atoms with Crippen LogP contribution in [-0.4, -0.2) is 31.1 Å². The molecule has 0 saturated heterocycles. The van der Waals surface area contributed by atoms with Crippen molar-refractivity contribution in [3.8, 4) is 11.8 Å². The minimum Gasteiger partial charge on any atom is -0.492 e. The molecule has 0 spiro atoms. The van der Waals surface area contributed by atoms with E-state index in [9.17, 15) is 0 Å². The van der Waals surface area contributed by atoms with Crippen molar-refractivity contribution in [2.75, 3.05) is 26.2 Å². The average molecular weight is 260 g/mol. The highest BCUT2D eigenvalue weighted by atomic mass is 16.5. The Hall–Kier alpha value is -1.53. The molecule has 1 aromatic carbocycles. The van der Waals surface area contributed by atoms with E-state index in [1.54, 1.807) is 0 Å². The smallest absolute Gasteiger partial charge is 0.119 e. The lowest BCUT2D eigenvalue weighted by molar-refractivity contribution is 0.213. The first-order chi connectivity index (χ1) is 9.30. The SMILES string of the molecule is CCCCN(CC)CCOc1ccc(CC#N)cc1. The lowest BCUT2D eigenvalue weighted by Gasteiger charge is -2.20. The maximum atomic E-state index is 8.60. The maximum absolute atomic E-state index is 8.60. The normalized spacial score (nSPS) is 10.4. The number of ether oxygens (including phenoxy) is 1. The highest BCUT2D eigenvalue weighted by Crippen LogP contribution is 2.12. The standard InChI is InChI=1S/C16H24N2O/c1-3-5-12-18(4-2)13-14-19-16-8-6-15(7-9-16)10-11-17/h6-9H,3-5,10,12-14H2,1-2H3. The molecule has 0 radical (unpaired) electrons. The highest BCUT2D eigenvalue weighted by molar-refractivity contribution is 5.28. The molecule has 0 amide bonds. The van der Waals surface area contributed by atoms with Crippen molar-refractivity contribution in [3.63, 3.8) is 0 Å². The summed E-state index contributed by atoms with van der Waals surface area (Å²) in [4.78, 5) is 2.41. The Morgan fingerprint density at radius 2 is 1.89 bits per heavy atom. The fraction of sp³-hybridized carbons (Fsp3) is 0.562. The van der Waals surface area contributed by atoms with Gasteiger partial charge in [-0.3, -0.25) is 0 Å². The van der Waals surface area contributed by atoms with Crippen LogP contribution < -0.4 is 4.74 Å². The summed E-state index contributed by atoms with van der Waals surface area (Å²) in [5, 5.41) is 8.60. The van der Waals surface area contributed by atoms with Crippen LogP contribution in [0, 0.1) is 11.3 Å². The predicted molar refractivity (Wildman–Crippen MR) is 78.3 cm³/mol. The van der Waals surface area contributed by atoms with E-state index in [2.05, 4.69) is 24.8 Å². The zero-order chi connectivity index (χ0) is 13.9. The van der Waals surface area contributed by atoms with E-state index in [4.69, 9.17) is 10.00 Å². The molecule has 0 atom stereocenters. The van der Waals surface area contributed by atoms with Gasteiger partial charge < -0.3 is 9.64 Å². The second-order valence-corrected chi connectivity index (χ2v) is 4.62. The predicted octanol–water partition coefficient (Wildman–Crippen LogP) is 3.25. The van der Waals surface area contributed by atoms with Crippen LogP contribution in [0.1, 0.15) is 32.3 Å². The van der Waals surface area contributed by atoms with E-state index in [-0.39, 0.29) is 0 Å². The quantitative estimate of drug-likeness (QED) is 0.684. The third-order valence-electron chi connectivity index (χ3n) is 3.16. The molecule has 1 aromatic rings. The third-order valence-corrected chi connectivity index (χ3v) is 3.16. The highest BCUT2D eigenvalue weighted by Gasteiger charge is 2.02. The van der Waals surface area contributed by atoms with Gasteiger partial charge in [0.25, 0.3) is 0 Å². The lowest BCUT2D eigenvalue weighted by atomic mass is 10.2. The van der Waals surface area contributed by atoms with Gasteiger partial charge in [-0.2, -0.15) is 5.26 Å². The largest absolute Gasteiger partial charge is 0.492 e. The Balaban J connectivity index is 2.29. The number of benzene rings is 1. The van der Waals surface area contributed by atoms with E-state index in [1.807, 2.05) is 24.3 Å². The van der Waals surface area contributed by atoms with Crippen LogP contribution in [0.15, 0.2) is 24.3 Å². The molecule has 0 aliphatic rings. The number of rotatable bonds is 9. The van der Waals surface area contributed by atoms with E-state index in [0.717, 1.165) is 37.6 Å². The number of nitrogens with zero attached hydrogens (tertiary/aromatic N) is 2. The van der Waals surface area contributed by atoms with Crippen LogP contribution in [0.3, 0.4) is 0 Å². The number of hydrogen-bond acceptors (Lipinski definition) is 3. The Bertz CT molecular complexity index is 381. The first-order valence-corrected chi connectivity index (χ1v) is 7.11. The monoisotopic (exact) mass is 260 g/mol. The Kier molecular flexibility index (Phi) is 7.69. The number of likely N-dealkylation sites (N-methyl/N-ethyl adjacent to an activating group) is 1. The third kappa shape index (κ3) is 6.26. The summed E-state index contributed by atoms with van der Waals surface area (Å²) >= 11 is 0. The van der Waals surface area contributed by atoms with E-state index >= 15 is 0 Å². The van der Waals surface area contributed by atoms with Crippen molar-refractivity contribution in [2.24, 2.45) is 0 Å². The van der Waals surface area contributed by atoms with Crippen molar-refractivity contribution in [1.82, 2.24) is 4.90 Å². The summed E-state index contributed by atoms with van der Waals surface area (Å²) in [5.74, 6) is 0.883. The molecule has 0 unspecified atom stereocenters. The van der Waals surface area contributed by atoms with E-state index in [1.165, 1.54) is 12.8 Å². The van der Waals surface area contributed by atoms with Crippen LogP contribution in [0.25, 0.3) is 0 Å². The first kappa shape index (κ1) is 15.5. The summed E-state index contributed by atoms with van der Waals surface area (Å²) in [5.41, 5.74) is 1.04. The van der Waals surface area contributed by atoms with Crippen molar-refractivity contribution < 1.29 is 4.74 Å². The molecular weight excluding hydrogens is 236 g/mol. The van der Waals surface area contributed by atoms with Gasteiger partial charge in [0, 0.05) is 6.54 Å². The van der Waals surface area contributed by atoms with Gasteiger partial charge in [0.1, 0.15) is 12.4 Å². The van der Waals surface area contributed by atoms with Gasteiger partial charge in [-0.05, 0) is 37.2 Å². The number of nitriles is 1. The molecular formula is C16H24N2O. The van der Waals surface area contributed by atoms with Gasteiger partial charge in [0.2, 0.25) is 0 Å². The fourth-order valence-corrected chi connectivity index (χ4v) is 1.90. The molecule has 1 rings (SSSR count). The Morgan fingerprint density at radius 1 is 1.16 bits per heavy atom. The van der Waals surface area contributed by atoms with Crippen LogP contribution in [0.5, 0.6) is 5.75 Å². The van der Waals surface area contributed by atoms with Gasteiger partial charge in [-0.1, -0.05) is 32.4 Å². The summed E-state index contributed by atoms with van der Waals surface area (Å²) in [6, 6.07) is 9.92. The van der Waals surface area contributed by atoms with Crippen LogP contribution in [-0.2, 0) is 6.42 Å². The molecule has 0 heterocycles. The molecule has 0 fully saturated rings. The Labute approximate surface area is 116 Å². The molecule has 104 valence electrons. The second-order valence-electron chi connectivity index (χ2n) is 4.62. The van der Waals surface area contributed by atoms with Crippen molar-refractivity contribution in [1.29, 1.82) is 5.26 Å². The number of unbranched alkanes of at least 4 members (excludes halogenated alkanes) is 1. The summed E-state index contributed by atoms with van der Waals surface area (Å²) in [6.45, 7) is 8.31. The number of hydrogen-bond donors (Lipinski definition) is 0. The summed E-state index contributed by atoms with van der Waals surface area (Å²) in [6.07, 6.45) is 2.94. The molecule has 0 N–H and O–H groups in total. The van der Waals surface area contributed by atoms with Gasteiger partial charge in [-0.15, -0.1) is 0 Å². The topological polar surface area (TPSA) is 36.3 Å². The lowest BCUT2D eigenvalue weighted by Crippen LogP contribution is -2.29. The van der Waals surface area contributed by atoms with Gasteiger partial charge >= 0.3 is 0 Å². The molecule has 3 heteroatoms. The van der Waals surface area contributed by atoms with Gasteiger partial charge in [0.05, 0.1) is 12.5 Å². The first-order valence-electron chi connectivity index (χ1n) is 7.11. The van der Waals surface area contributed by atoms with Crippen LogP contribution in [0.2, 0.25) is 0 Å². The van der Waals surface area contributed by atoms with E-state index in [0.29, 0.717) is 6.42 Å².